The Balaban J connectivity index is 2.47. The van der Waals surface area contributed by atoms with Crippen LogP contribution in [-0.2, 0) is 0 Å². The van der Waals surface area contributed by atoms with E-state index in [0.29, 0.717) is 0 Å². The smallest absolute Gasteiger partial charge is 0.454 e. The van der Waals surface area contributed by atoms with Crippen LogP contribution in [-0.4, -0.2) is 28.8 Å². The number of ketones is 1. The number of rotatable bonds is 1. The predicted molar refractivity (Wildman–Crippen MR) is 52.0 cm³/mol. The van der Waals surface area contributed by atoms with Gasteiger partial charge in [0.25, 0.3) is 5.79 Å². The second-order valence-electron chi connectivity index (χ2n) is 4.05. The number of benzene rings is 1. The second kappa shape index (κ2) is 3.89. The third-order valence-corrected chi connectivity index (χ3v) is 2.71. The van der Waals surface area contributed by atoms with E-state index in [9.17, 15) is 31.9 Å². The third-order valence-electron chi connectivity index (χ3n) is 2.71. The fourth-order valence-electron chi connectivity index (χ4n) is 1.71. The Morgan fingerprint density at radius 2 is 1.74 bits per heavy atom. The van der Waals surface area contributed by atoms with Crippen molar-refractivity contribution in [2.75, 3.05) is 0 Å². The van der Waals surface area contributed by atoms with Gasteiger partial charge in [0.05, 0.1) is 12.0 Å². The fraction of sp³-hybridized carbons (Fsp3) is 0.364. The minimum Gasteiger partial charge on any atom is -0.454 e. The molecule has 0 aromatic heterocycles. The summed E-state index contributed by atoms with van der Waals surface area (Å²) in [7, 11) is 0. The molecule has 0 radical (unpaired) electrons. The number of carbonyl (C=O) groups excluding carboxylic acids is 1. The standard InChI is InChI=1S/C11H7F5O3/c12-10(13,11(14,15)16)9(18)5-7(17)6-3-1-2-4-8(6)19-9/h1-4,18H,5H2/t9-/m0/s1. The molecule has 1 aromatic rings. The first-order valence-corrected chi connectivity index (χ1v) is 5.07. The number of hydrogen-bond donors (Lipinski definition) is 1. The minimum absolute atomic E-state index is 0.148. The summed E-state index contributed by atoms with van der Waals surface area (Å²) in [6.07, 6.45) is -7.51. The predicted octanol–water partition coefficient (Wildman–Crippen LogP) is 2.54. The van der Waals surface area contributed by atoms with Crippen LogP contribution in [0, 0.1) is 0 Å². The Morgan fingerprint density at radius 1 is 1.16 bits per heavy atom. The first-order valence-electron chi connectivity index (χ1n) is 5.07. The third kappa shape index (κ3) is 1.95. The Bertz CT molecular complexity index is 525. The molecule has 19 heavy (non-hydrogen) atoms. The van der Waals surface area contributed by atoms with Crippen molar-refractivity contribution in [2.24, 2.45) is 0 Å². The maximum absolute atomic E-state index is 13.2. The van der Waals surface area contributed by atoms with Crippen molar-refractivity contribution in [3.63, 3.8) is 0 Å². The van der Waals surface area contributed by atoms with Gasteiger partial charge >= 0.3 is 12.1 Å². The maximum Gasteiger partial charge on any atom is 0.460 e. The van der Waals surface area contributed by atoms with Crippen molar-refractivity contribution >= 4 is 5.78 Å². The van der Waals surface area contributed by atoms with Gasteiger partial charge in [0.15, 0.2) is 5.78 Å². The van der Waals surface area contributed by atoms with Crippen molar-refractivity contribution in [2.45, 2.75) is 24.3 Å². The molecule has 0 aliphatic carbocycles. The number of para-hydroxylation sites is 1. The lowest BCUT2D eigenvalue weighted by atomic mass is 9.94. The maximum atomic E-state index is 13.2. The number of ether oxygens (including phenoxy) is 1. The van der Waals surface area contributed by atoms with Crippen LogP contribution in [0.25, 0.3) is 0 Å². The summed E-state index contributed by atoms with van der Waals surface area (Å²) in [6.45, 7) is 0. The average Bonchev–Trinajstić information content (AvgIpc) is 2.27. The number of hydrogen-bond acceptors (Lipinski definition) is 3. The molecule has 2 rings (SSSR count). The second-order valence-corrected chi connectivity index (χ2v) is 4.05. The van der Waals surface area contributed by atoms with Gasteiger partial charge in [-0.25, -0.2) is 0 Å². The average molecular weight is 282 g/mol. The van der Waals surface area contributed by atoms with Crippen LogP contribution in [0.2, 0.25) is 0 Å². The van der Waals surface area contributed by atoms with E-state index in [1.165, 1.54) is 18.2 Å². The number of halogens is 5. The summed E-state index contributed by atoms with van der Waals surface area (Å²) in [6, 6.07) is 4.92. The molecule has 3 nitrogen and oxygen atoms in total. The van der Waals surface area contributed by atoms with Gasteiger partial charge < -0.3 is 9.84 Å². The van der Waals surface area contributed by atoms with Crippen molar-refractivity contribution < 1.29 is 36.6 Å². The van der Waals surface area contributed by atoms with Crippen LogP contribution >= 0.6 is 0 Å². The molecule has 0 spiro atoms. The molecule has 8 heteroatoms. The summed E-state index contributed by atoms with van der Waals surface area (Å²) in [4.78, 5) is 11.5. The summed E-state index contributed by atoms with van der Waals surface area (Å²) >= 11 is 0. The fourth-order valence-corrected chi connectivity index (χ4v) is 1.71. The van der Waals surface area contributed by atoms with Crippen LogP contribution < -0.4 is 4.74 Å². The summed E-state index contributed by atoms with van der Waals surface area (Å²) in [5.74, 6) is -11.1. The van der Waals surface area contributed by atoms with E-state index < -0.39 is 35.8 Å². The van der Waals surface area contributed by atoms with E-state index in [-0.39, 0.29) is 5.56 Å². The van der Waals surface area contributed by atoms with E-state index >= 15 is 0 Å². The number of alkyl halides is 5. The summed E-state index contributed by atoms with van der Waals surface area (Å²) in [5.41, 5.74) is -0.148. The molecule has 104 valence electrons. The van der Waals surface area contributed by atoms with Gasteiger partial charge in [0.2, 0.25) is 0 Å². The van der Waals surface area contributed by atoms with E-state index in [1.54, 1.807) is 0 Å². The molecule has 0 unspecified atom stereocenters. The molecule has 1 aliphatic rings. The number of fused-ring (bicyclic) bond motifs is 1. The molecular weight excluding hydrogens is 275 g/mol. The molecule has 1 N–H and O–H groups in total. The Morgan fingerprint density at radius 3 is 2.32 bits per heavy atom. The van der Waals surface area contributed by atoms with E-state index in [1.807, 2.05) is 0 Å². The molecule has 1 heterocycles. The minimum atomic E-state index is -6.03. The number of carbonyl (C=O) groups is 1. The molecule has 1 aromatic carbocycles. The van der Waals surface area contributed by atoms with Crippen LogP contribution in [0.1, 0.15) is 16.8 Å². The monoisotopic (exact) mass is 282 g/mol. The van der Waals surface area contributed by atoms with Crippen molar-refractivity contribution in [1.82, 2.24) is 0 Å². The zero-order valence-corrected chi connectivity index (χ0v) is 9.17. The van der Waals surface area contributed by atoms with Gasteiger partial charge in [-0.3, -0.25) is 4.79 Å². The molecule has 0 bridgehead atoms. The molecular formula is C11H7F5O3. The van der Waals surface area contributed by atoms with Gasteiger partial charge in [-0.1, -0.05) is 12.1 Å². The van der Waals surface area contributed by atoms with Crippen LogP contribution in [0.5, 0.6) is 5.75 Å². The van der Waals surface area contributed by atoms with Crippen molar-refractivity contribution in [1.29, 1.82) is 0 Å². The highest BCUT2D eigenvalue weighted by atomic mass is 19.4. The Hall–Kier alpha value is -1.70. The van der Waals surface area contributed by atoms with Crippen LogP contribution in [0.3, 0.4) is 0 Å². The highest BCUT2D eigenvalue weighted by Gasteiger charge is 2.73. The largest absolute Gasteiger partial charge is 0.460 e. The number of aliphatic hydroxyl groups is 1. The van der Waals surface area contributed by atoms with E-state index in [2.05, 4.69) is 4.74 Å². The molecule has 1 atom stereocenters. The molecule has 1 aliphatic heterocycles. The first kappa shape index (κ1) is 13.7. The molecule has 0 fully saturated rings. The Kier molecular flexibility index (Phi) is 2.81. The SMILES string of the molecule is O=C1C[C@@](O)(C(F)(F)C(F)(F)F)Oc2ccccc21. The van der Waals surface area contributed by atoms with Crippen molar-refractivity contribution in [3.05, 3.63) is 29.8 Å². The lowest BCUT2D eigenvalue weighted by Crippen LogP contribution is -2.62. The quantitative estimate of drug-likeness (QED) is 0.805. The Labute approximate surface area is 103 Å². The zero-order valence-electron chi connectivity index (χ0n) is 9.17. The first-order chi connectivity index (χ1) is 8.58. The highest BCUT2D eigenvalue weighted by Crippen LogP contribution is 2.48. The van der Waals surface area contributed by atoms with Crippen LogP contribution in [0.4, 0.5) is 22.0 Å². The van der Waals surface area contributed by atoms with Gasteiger partial charge in [-0.2, -0.15) is 22.0 Å². The van der Waals surface area contributed by atoms with Gasteiger partial charge in [-0.05, 0) is 12.1 Å². The van der Waals surface area contributed by atoms with Gasteiger partial charge in [-0.15, -0.1) is 0 Å². The van der Waals surface area contributed by atoms with Gasteiger partial charge in [0, 0.05) is 0 Å². The normalized spacial score (nSPS) is 23.8. The lowest BCUT2D eigenvalue weighted by Gasteiger charge is -2.38. The molecule has 0 amide bonds. The molecule has 0 saturated heterocycles. The lowest BCUT2D eigenvalue weighted by molar-refractivity contribution is -0.384. The zero-order chi connectivity index (χ0) is 14.5. The van der Waals surface area contributed by atoms with Gasteiger partial charge in [0.1, 0.15) is 5.75 Å². The number of Topliss-reactive ketones (excluding diaryl/α,β-unsaturated/α-hetero) is 1. The van der Waals surface area contributed by atoms with E-state index in [4.69, 9.17) is 0 Å². The van der Waals surface area contributed by atoms with Crippen molar-refractivity contribution in [3.8, 4) is 5.75 Å². The highest BCUT2D eigenvalue weighted by molar-refractivity contribution is 6.00. The van der Waals surface area contributed by atoms with E-state index in [0.717, 1.165) is 6.07 Å². The summed E-state index contributed by atoms with van der Waals surface area (Å²) in [5, 5.41) is 9.44. The van der Waals surface area contributed by atoms with Crippen LogP contribution in [0.15, 0.2) is 24.3 Å². The molecule has 0 saturated carbocycles. The topological polar surface area (TPSA) is 46.5 Å². The summed E-state index contributed by atoms with van der Waals surface area (Å²) < 4.78 is 67.6.